The molecule has 0 atom stereocenters. The maximum Gasteiger partial charge on any atom is 0.355 e. The molecule has 1 aromatic heterocycles. The normalized spacial score (nSPS) is 10.2. The molecule has 0 saturated carbocycles. The molecule has 0 saturated heterocycles. The second-order valence-electron chi connectivity index (χ2n) is 5.56. The summed E-state index contributed by atoms with van der Waals surface area (Å²) in [6, 6.07) is 7.28. The average molecular weight is 344 g/mol. The van der Waals surface area contributed by atoms with E-state index >= 15 is 0 Å². The lowest BCUT2D eigenvalue weighted by Gasteiger charge is -2.08. The zero-order chi connectivity index (χ0) is 18.6. The van der Waals surface area contributed by atoms with Crippen LogP contribution in [0.5, 0.6) is 0 Å². The summed E-state index contributed by atoms with van der Waals surface area (Å²) in [5.41, 5.74) is 2.90. The van der Waals surface area contributed by atoms with E-state index in [2.05, 4.69) is 10.3 Å². The van der Waals surface area contributed by atoms with Crippen LogP contribution < -0.4 is 5.32 Å². The zero-order valence-corrected chi connectivity index (χ0v) is 14.6. The first kappa shape index (κ1) is 18.3. The van der Waals surface area contributed by atoms with Gasteiger partial charge in [-0.25, -0.2) is 9.59 Å². The Kier molecular flexibility index (Phi) is 5.59. The Balaban J connectivity index is 2.02. The standard InChI is InChI=1S/C18H20N2O5/c1-10-7-5-6-8-13(10)20-14(21)9-25-18(23)16-11(2)15(12(3)19-16)17(22)24-4/h5-8,19H,9H2,1-4H3,(H,20,21). The van der Waals surface area contributed by atoms with Crippen LogP contribution >= 0.6 is 0 Å². The number of ether oxygens (including phenoxy) is 2. The van der Waals surface area contributed by atoms with E-state index < -0.39 is 24.5 Å². The number of carbonyl (C=O) groups excluding carboxylic acids is 3. The molecule has 1 aromatic carbocycles. The third-order valence-corrected chi connectivity index (χ3v) is 3.78. The highest BCUT2D eigenvalue weighted by molar-refractivity contribution is 5.99. The summed E-state index contributed by atoms with van der Waals surface area (Å²) in [5, 5.41) is 2.68. The number of nitrogens with one attached hydrogen (secondary N) is 2. The Morgan fingerprint density at radius 2 is 1.76 bits per heavy atom. The number of benzene rings is 1. The number of hydrogen-bond acceptors (Lipinski definition) is 5. The van der Waals surface area contributed by atoms with Crippen molar-refractivity contribution < 1.29 is 23.9 Å². The van der Waals surface area contributed by atoms with Crippen LogP contribution in [0.1, 0.15) is 37.7 Å². The Bertz CT molecular complexity index is 823. The first-order valence-corrected chi connectivity index (χ1v) is 7.65. The van der Waals surface area contributed by atoms with E-state index in [-0.39, 0.29) is 5.69 Å². The lowest BCUT2D eigenvalue weighted by Crippen LogP contribution is -2.21. The Morgan fingerprint density at radius 1 is 1.08 bits per heavy atom. The molecule has 0 bridgehead atoms. The Morgan fingerprint density at radius 3 is 2.40 bits per heavy atom. The Hall–Kier alpha value is -3.09. The summed E-state index contributed by atoms with van der Waals surface area (Å²) >= 11 is 0. The van der Waals surface area contributed by atoms with Crippen molar-refractivity contribution >= 4 is 23.5 Å². The van der Waals surface area contributed by atoms with Crippen molar-refractivity contribution in [3.63, 3.8) is 0 Å². The molecule has 7 heteroatoms. The fourth-order valence-electron chi connectivity index (χ4n) is 2.47. The molecule has 0 aliphatic heterocycles. The molecule has 0 unspecified atom stereocenters. The smallest absolute Gasteiger partial charge is 0.355 e. The van der Waals surface area contributed by atoms with Gasteiger partial charge in [-0.3, -0.25) is 4.79 Å². The van der Waals surface area contributed by atoms with Crippen molar-refractivity contribution in [1.82, 2.24) is 4.98 Å². The van der Waals surface area contributed by atoms with Crippen LogP contribution in [-0.4, -0.2) is 36.5 Å². The van der Waals surface area contributed by atoms with Gasteiger partial charge in [-0.15, -0.1) is 0 Å². The first-order chi connectivity index (χ1) is 11.8. The highest BCUT2D eigenvalue weighted by Gasteiger charge is 2.23. The molecular formula is C18H20N2O5. The number of amides is 1. The second kappa shape index (κ2) is 7.65. The number of esters is 2. The van der Waals surface area contributed by atoms with Gasteiger partial charge in [0, 0.05) is 11.4 Å². The quantitative estimate of drug-likeness (QED) is 0.812. The van der Waals surface area contributed by atoms with E-state index in [0.29, 0.717) is 22.5 Å². The van der Waals surface area contributed by atoms with Gasteiger partial charge in [0.25, 0.3) is 5.91 Å². The second-order valence-corrected chi connectivity index (χ2v) is 5.56. The van der Waals surface area contributed by atoms with E-state index in [9.17, 15) is 14.4 Å². The van der Waals surface area contributed by atoms with Gasteiger partial charge >= 0.3 is 11.9 Å². The van der Waals surface area contributed by atoms with Crippen LogP contribution in [0.15, 0.2) is 24.3 Å². The topological polar surface area (TPSA) is 97.5 Å². The van der Waals surface area contributed by atoms with E-state index in [1.165, 1.54) is 7.11 Å². The summed E-state index contributed by atoms with van der Waals surface area (Å²) in [6.45, 7) is 4.69. The molecule has 0 radical (unpaired) electrons. The molecule has 1 amide bonds. The third kappa shape index (κ3) is 4.06. The number of aromatic nitrogens is 1. The number of aromatic amines is 1. The molecule has 0 fully saturated rings. The molecule has 1 heterocycles. The van der Waals surface area contributed by atoms with E-state index in [0.717, 1.165) is 5.56 Å². The number of hydrogen-bond donors (Lipinski definition) is 2. The van der Waals surface area contributed by atoms with E-state index in [1.807, 2.05) is 19.1 Å². The molecule has 2 N–H and O–H groups in total. The highest BCUT2D eigenvalue weighted by atomic mass is 16.5. The minimum Gasteiger partial charge on any atom is -0.465 e. The average Bonchev–Trinajstić information content (AvgIpc) is 2.88. The molecule has 0 aliphatic rings. The van der Waals surface area contributed by atoms with Gasteiger partial charge in [-0.05, 0) is 38.0 Å². The van der Waals surface area contributed by atoms with Crippen molar-refractivity contribution in [1.29, 1.82) is 0 Å². The van der Waals surface area contributed by atoms with Crippen LogP contribution in [0, 0.1) is 20.8 Å². The molecule has 0 aliphatic carbocycles. The van der Waals surface area contributed by atoms with Gasteiger partial charge in [-0.1, -0.05) is 18.2 Å². The Labute approximate surface area is 145 Å². The van der Waals surface area contributed by atoms with E-state index in [4.69, 9.17) is 9.47 Å². The molecular weight excluding hydrogens is 324 g/mol. The number of rotatable bonds is 5. The molecule has 132 valence electrons. The predicted octanol–water partition coefficient (Wildman–Crippen LogP) is 2.52. The molecule has 25 heavy (non-hydrogen) atoms. The number of carbonyl (C=O) groups is 3. The van der Waals surface area contributed by atoms with Crippen molar-refractivity contribution in [3.8, 4) is 0 Å². The largest absolute Gasteiger partial charge is 0.465 e. The maximum absolute atomic E-state index is 12.2. The predicted molar refractivity (Wildman–Crippen MR) is 91.7 cm³/mol. The minimum absolute atomic E-state index is 0.126. The van der Waals surface area contributed by atoms with Crippen LogP contribution in [0.25, 0.3) is 0 Å². The summed E-state index contributed by atoms with van der Waals surface area (Å²) in [5.74, 6) is -1.70. The number of H-pyrrole nitrogens is 1. The lowest BCUT2D eigenvalue weighted by molar-refractivity contribution is -0.119. The van der Waals surface area contributed by atoms with Crippen LogP contribution in [0.2, 0.25) is 0 Å². The third-order valence-electron chi connectivity index (χ3n) is 3.78. The fourth-order valence-corrected chi connectivity index (χ4v) is 2.47. The van der Waals surface area contributed by atoms with Gasteiger partial charge in [-0.2, -0.15) is 0 Å². The molecule has 2 rings (SSSR count). The van der Waals surface area contributed by atoms with Crippen molar-refractivity contribution in [3.05, 3.63) is 52.3 Å². The van der Waals surface area contributed by atoms with Gasteiger partial charge in [0.05, 0.1) is 12.7 Å². The van der Waals surface area contributed by atoms with Gasteiger partial charge in [0.15, 0.2) is 6.61 Å². The van der Waals surface area contributed by atoms with Crippen molar-refractivity contribution in [2.24, 2.45) is 0 Å². The lowest BCUT2D eigenvalue weighted by atomic mass is 10.1. The zero-order valence-electron chi connectivity index (χ0n) is 14.6. The van der Waals surface area contributed by atoms with Gasteiger partial charge in [0.1, 0.15) is 5.69 Å². The van der Waals surface area contributed by atoms with Crippen molar-refractivity contribution in [2.75, 3.05) is 19.0 Å². The first-order valence-electron chi connectivity index (χ1n) is 7.65. The number of para-hydroxylation sites is 1. The summed E-state index contributed by atoms with van der Waals surface area (Å²) in [7, 11) is 1.27. The van der Waals surface area contributed by atoms with Gasteiger partial charge < -0.3 is 19.8 Å². The maximum atomic E-state index is 12.2. The number of aryl methyl sites for hydroxylation is 2. The highest BCUT2D eigenvalue weighted by Crippen LogP contribution is 2.19. The molecule has 7 nitrogen and oxygen atoms in total. The minimum atomic E-state index is -0.712. The monoisotopic (exact) mass is 344 g/mol. The van der Waals surface area contributed by atoms with Crippen LogP contribution in [-0.2, 0) is 14.3 Å². The number of anilines is 1. The summed E-state index contributed by atoms with van der Waals surface area (Å²) in [6.07, 6.45) is 0. The van der Waals surface area contributed by atoms with Crippen molar-refractivity contribution in [2.45, 2.75) is 20.8 Å². The molecule has 2 aromatic rings. The van der Waals surface area contributed by atoms with Gasteiger partial charge in [0.2, 0.25) is 0 Å². The SMILES string of the molecule is COC(=O)c1c(C)[nH]c(C(=O)OCC(=O)Nc2ccccc2C)c1C. The van der Waals surface area contributed by atoms with Crippen LogP contribution in [0.3, 0.4) is 0 Å². The summed E-state index contributed by atoms with van der Waals surface area (Å²) in [4.78, 5) is 38.7. The molecule has 0 spiro atoms. The van der Waals surface area contributed by atoms with Crippen LogP contribution in [0.4, 0.5) is 5.69 Å². The summed E-state index contributed by atoms with van der Waals surface area (Å²) < 4.78 is 9.72. The van der Waals surface area contributed by atoms with E-state index in [1.54, 1.807) is 26.0 Å². The fraction of sp³-hybridized carbons (Fsp3) is 0.278. The number of methoxy groups -OCH3 is 1.